The summed E-state index contributed by atoms with van der Waals surface area (Å²) in [5, 5.41) is 2.73. The fourth-order valence-electron chi connectivity index (χ4n) is 3.81. The average Bonchev–Trinajstić information content (AvgIpc) is 2.87. The molecule has 2 aromatic rings. The second-order valence-electron chi connectivity index (χ2n) is 8.65. The summed E-state index contributed by atoms with van der Waals surface area (Å²) < 4.78 is 19.2. The van der Waals surface area contributed by atoms with Gasteiger partial charge in [-0.05, 0) is 36.1 Å². The maximum Gasteiger partial charge on any atom is 0.408 e. The number of nitrogens with zero attached hydrogens (tertiary/aromatic N) is 2. The van der Waals surface area contributed by atoms with Gasteiger partial charge >= 0.3 is 6.09 Å². The number of benzene rings is 2. The van der Waals surface area contributed by atoms with Gasteiger partial charge in [0.2, 0.25) is 5.91 Å². The van der Waals surface area contributed by atoms with Crippen molar-refractivity contribution >= 4 is 17.9 Å². The highest BCUT2D eigenvalue weighted by Crippen LogP contribution is 2.16. The Morgan fingerprint density at radius 3 is 2.29 bits per heavy atom. The molecular formula is C26H32FN3O4. The summed E-state index contributed by atoms with van der Waals surface area (Å²) in [5.41, 5.74) is 1.64. The minimum atomic E-state index is -0.721. The third kappa shape index (κ3) is 6.34. The van der Waals surface area contributed by atoms with Crippen LogP contribution < -0.4 is 5.32 Å². The van der Waals surface area contributed by atoms with Gasteiger partial charge in [-0.3, -0.25) is 9.59 Å². The van der Waals surface area contributed by atoms with Gasteiger partial charge in [0, 0.05) is 31.7 Å². The topological polar surface area (TPSA) is 79.0 Å². The summed E-state index contributed by atoms with van der Waals surface area (Å²) >= 11 is 0. The van der Waals surface area contributed by atoms with Gasteiger partial charge < -0.3 is 19.9 Å². The highest BCUT2D eigenvalue weighted by Gasteiger charge is 2.33. The van der Waals surface area contributed by atoms with Crippen molar-refractivity contribution in [1.82, 2.24) is 15.1 Å². The fourth-order valence-corrected chi connectivity index (χ4v) is 3.81. The van der Waals surface area contributed by atoms with E-state index in [1.54, 1.807) is 28.9 Å². The SMILES string of the molecule is CC[C@H](C)[C@H](NC(=O)OCc1ccccc1)C(=O)N1CCN(C(=O)c2ccc(C)c(F)c2)CC1. The van der Waals surface area contributed by atoms with Crippen molar-refractivity contribution in [2.24, 2.45) is 5.92 Å². The molecule has 0 aromatic heterocycles. The van der Waals surface area contributed by atoms with Crippen molar-refractivity contribution in [2.45, 2.75) is 39.8 Å². The van der Waals surface area contributed by atoms with Crippen LogP contribution >= 0.6 is 0 Å². The predicted molar refractivity (Wildman–Crippen MR) is 127 cm³/mol. The van der Waals surface area contributed by atoms with E-state index in [0.717, 1.165) is 5.56 Å². The minimum Gasteiger partial charge on any atom is -0.445 e. The number of hydrogen-bond acceptors (Lipinski definition) is 4. The van der Waals surface area contributed by atoms with E-state index in [0.29, 0.717) is 43.7 Å². The molecule has 3 rings (SSSR count). The quantitative estimate of drug-likeness (QED) is 0.670. The molecule has 2 aromatic carbocycles. The van der Waals surface area contributed by atoms with Gasteiger partial charge in [-0.1, -0.05) is 56.7 Å². The molecule has 1 saturated heterocycles. The summed E-state index contributed by atoms with van der Waals surface area (Å²) in [5.74, 6) is -0.958. The van der Waals surface area contributed by atoms with Crippen LogP contribution in [0.3, 0.4) is 0 Å². The van der Waals surface area contributed by atoms with E-state index >= 15 is 0 Å². The standard InChI is InChI=1S/C26H32FN3O4/c1-4-18(2)23(28-26(33)34-17-20-8-6-5-7-9-20)25(32)30-14-12-29(13-15-30)24(31)21-11-10-19(3)22(27)16-21/h5-11,16,18,23H,4,12-15,17H2,1-3H3,(H,28,33)/t18-,23-/m0/s1. The monoisotopic (exact) mass is 469 g/mol. The van der Waals surface area contributed by atoms with Crippen LogP contribution in [0.1, 0.15) is 41.8 Å². The number of carbonyl (C=O) groups excluding carboxylic acids is 3. The van der Waals surface area contributed by atoms with Crippen molar-refractivity contribution in [3.8, 4) is 0 Å². The number of carbonyl (C=O) groups is 3. The molecule has 1 heterocycles. The number of ether oxygens (including phenoxy) is 1. The molecule has 1 aliphatic heterocycles. The Balaban J connectivity index is 1.57. The van der Waals surface area contributed by atoms with Gasteiger partial charge in [-0.15, -0.1) is 0 Å². The van der Waals surface area contributed by atoms with Crippen LogP contribution in [-0.2, 0) is 16.1 Å². The second kappa shape index (κ2) is 11.6. The van der Waals surface area contributed by atoms with Crippen LogP contribution in [0.4, 0.5) is 9.18 Å². The molecule has 1 N–H and O–H groups in total. The normalized spacial score (nSPS) is 15.4. The molecule has 0 unspecified atom stereocenters. The number of nitrogens with one attached hydrogen (secondary N) is 1. The van der Waals surface area contributed by atoms with E-state index in [9.17, 15) is 18.8 Å². The summed E-state index contributed by atoms with van der Waals surface area (Å²) in [7, 11) is 0. The zero-order valence-corrected chi connectivity index (χ0v) is 19.9. The summed E-state index contributed by atoms with van der Waals surface area (Å²) in [4.78, 5) is 41.7. The molecule has 3 amide bonds. The lowest BCUT2D eigenvalue weighted by Gasteiger charge is -2.37. The lowest BCUT2D eigenvalue weighted by Crippen LogP contribution is -2.57. The summed E-state index contributed by atoms with van der Waals surface area (Å²) in [6.45, 7) is 6.99. The van der Waals surface area contributed by atoms with Crippen LogP contribution in [0.5, 0.6) is 0 Å². The van der Waals surface area contributed by atoms with Crippen LogP contribution in [0.2, 0.25) is 0 Å². The molecule has 8 heteroatoms. The Labute approximate surface area is 199 Å². The average molecular weight is 470 g/mol. The highest BCUT2D eigenvalue weighted by molar-refractivity contribution is 5.94. The zero-order chi connectivity index (χ0) is 24.7. The first kappa shape index (κ1) is 25.2. The largest absolute Gasteiger partial charge is 0.445 e. The maximum atomic E-state index is 13.9. The van der Waals surface area contributed by atoms with Crippen molar-refractivity contribution in [3.63, 3.8) is 0 Å². The number of rotatable bonds is 7. The maximum absolute atomic E-state index is 13.9. The third-order valence-corrected chi connectivity index (χ3v) is 6.26. The van der Waals surface area contributed by atoms with Crippen LogP contribution in [-0.4, -0.2) is 59.9 Å². The summed E-state index contributed by atoms with van der Waals surface area (Å²) in [6, 6.07) is 13.1. The Morgan fingerprint density at radius 1 is 1.03 bits per heavy atom. The Kier molecular flexibility index (Phi) is 8.62. The molecule has 1 fully saturated rings. The number of piperazine rings is 1. The first-order chi connectivity index (χ1) is 16.3. The Bertz CT molecular complexity index is 1010. The molecule has 7 nitrogen and oxygen atoms in total. The lowest BCUT2D eigenvalue weighted by atomic mass is 9.97. The predicted octanol–water partition coefficient (Wildman–Crippen LogP) is 3.76. The molecule has 0 aliphatic carbocycles. The van der Waals surface area contributed by atoms with Crippen molar-refractivity contribution in [1.29, 1.82) is 0 Å². The molecule has 2 atom stereocenters. The van der Waals surface area contributed by atoms with E-state index in [-0.39, 0.29) is 24.3 Å². The molecule has 182 valence electrons. The fraction of sp³-hybridized carbons (Fsp3) is 0.423. The number of halogens is 1. The van der Waals surface area contributed by atoms with E-state index < -0.39 is 18.0 Å². The number of aryl methyl sites for hydroxylation is 1. The van der Waals surface area contributed by atoms with Gasteiger partial charge in [0.15, 0.2) is 0 Å². The van der Waals surface area contributed by atoms with Gasteiger partial charge in [0.05, 0.1) is 0 Å². The first-order valence-electron chi connectivity index (χ1n) is 11.6. The Hall–Kier alpha value is -3.42. The van der Waals surface area contributed by atoms with Crippen molar-refractivity contribution in [2.75, 3.05) is 26.2 Å². The smallest absolute Gasteiger partial charge is 0.408 e. The van der Waals surface area contributed by atoms with Crippen LogP contribution in [0.25, 0.3) is 0 Å². The molecule has 34 heavy (non-hydrogen) atoms. The molecular weight excluding hydrogens is 437 g/mol. The first-order valence-corrected chi connectivity index (χ1v) is 11.6. The third-order valence-electron chi connectivity index (χ3n) is 6.26. The van der Waals surface area contributed by atoms with Gasteiger partial charge in [-0.2, -0.15) is 0 Å². The van der Waals surface area contributed by atoms with Gasteiger partial charge in [0.1, 0.15) is 18.5 Å². The number of hydrogen-bond donors (Lipinski definition) is 1. The second-order valence-corrected chi connectivity index (χ2v) is 8.65. The van der Waals surface area contributed by atoms with Gasteiger partial charge in [0.25, 0.3) is 5.91 Å². The highest BCUT2D eigenvalue weighted by atomic mass is 19.1. The van der Waals surface area contributed by atoms with E-state index in [2.05, 4.69) is 5.32 Å². The van der Waals surface area contributed by atoms with Gasteiger partial charge in [-0.25, -0.2) is 9.18 Å². The molecule has 0 saturated carbocycles. The van der Waals surface area contributed by atoms with Crippen LogP contribution in [0, 0.1) is 18.7 Å². The van der Waals surface area contributed by atoms with E-state index in [1.807, 2.05) is 44.2 Å². The lowest BCUT2D eigenvalue weighted by molar-refractivity contribution is -0.136. The number of alkyl carbamates (subject to hydrolysis) is 1. The molecule has 0 bridgehead atoms. The summed E-state index contributed by atoms with van der Waals surface area (Å²) in [6.07, 6.45) is 0.0602. The van der Waals surface area contributed by atoms with Crippen molar-refractivity contribution < 1.29 is 23.5 Å². The molecule has 0 radical (unpaired) electrons. The zero-order valence-electron chi connectivity index (χ0n) is 19.9. The molecule has 0 spiro atoms. The molecule has 1 aliphatic rings. The number of amides is 3. The van der Waals surface area contributed by atoms with E-state index in [4.69, 9.17) is 4.74 Å². The van der Waals surface area contributed by atoms with Crippen LogP contribution in [0.15, 0.2) is 48.5 Å². The minimum absolute atomic E-state index is 0.0908. The van der Waals surface area contributed by atoms with E-state index in [1.165, 1.54) is 6.07 Å². The Morgan fingerprint density at radius 2 is 1.68 bits per heavy atom. The van der Waals surface area contributed by atoms with Crippen molar-refractivity contribution in [3.05, 3.63) is 71.0 Å².